The van der Waals surface area contributed by atoms with E-state index in [0.717, 1.165) is 64.0 Å². The van der Waals surface area contributed by atoms with Gasteiger partial charge in [-0.3, -0.25) is 9.59 Å². The second-order valence-electron chi connectivity index (χ2n) is 7.82. The number of carbonyl (C=O) groups is 1. The fraction of sp³-hybridized carbons (Fsp3) is 0.500. The number of aromatic nitrogens is 2. The topological polar surface area (TPSA) is 58.4 Å². The summed E-state index contributed by atoms with van der Waals surface area (Å²) >= 11 is 0. The van der Waals surface area contributed by atoms with Crippen molar-refractivity contribution < 1.29 is 4.79 Å². The van der Waals surface area contributed by atoms with Crippen LogP contribution in [0.5, 0.6) is 0 Å². The Morgan fingerprint density at radius 3 is 2.54 bits per heavy atom. The predicted molar refractivity (Wildman–Crippen MR) is 110 cm³/mol. The van der Waals surface area contributed by atoms with Crippen LogP contribution in [0.1, 0.15) is 43.6 Å². The third-order valence-corrected chi connectivity index (χ3v) is 5.96. The van der Waals surface area contributed by atoms with E-state index in [9.17, 15) is 9.59 Å². The fourth-order valence-electron chi connectivity index (χ4n) is 4.32. The second kappa shape index (κ2) is 8.59. The van der Waals surface area contributed by atoms with E-state index in [1.165, 1.54) is 10.2 Å². The number of benzene rings is 1. The SMILES string of the molecule is O=C(Cn1ncc(N2CCCC2)cc1=O)N1CCCC(c2ccccc2)CC1. The minimum absolute atomic E-state index is 0.0164. The van der Waals surface area contributed by atoms with Gasteiger partial charge in [0.2, 0.25) is 5.91 Å². The van der Waals surface area contributed by atoms with Crippen molar-refractivity contribution in [2.24, 2.45) is 0 Å². The molecule has 0 bridgehead atoms. The Labute approximate surface area is 165 Å². The molecule has 1 amide bonds. The molecule has 1 aromatic carbocycles. The first kappa shape index (κ1) is 18.7. The molecule has 1 aromatic heterocycles. The highest BCUT2D eigenvalue weighted by Crippen LogP contribution is 2.27. The maximum Gasteiger partial charge on any atom is 0.269 e. The van der Waals surface area contributed by atoms with Crippen LogP contribution in [0, 0.1) is 0 Å². The standard InChI is InChI=1S/C22H28N4O2/c27-21-15-20(24-11-4-5-12-24)16-23-26(21)17-22(28)25-13-6-9-19(10-14-25)18-7-2-1-3-8-18/h1-3,7-8,15-16,19H,4-6,9-14,17H2. The van der Waals surface area contributed by atoms with Crippen LogP contribution in [0.2, 0.25) is 0 Å². The molecule has 0 aliphatic carbocycles. The van der Waals surface area contributed by atoms with Gasteiger partial charge >= 0.3 is 0 Å². The summed E-state index contributed by atoms with van der Waals surface area (Å²) in [5.41, 5.74) is 2.02. The molecule has 2 aliphatic heterocycles. The Balaban J connectivity index is 1.37. The number of hydrogen-bond donors (Lipinski definition) is 0. The summed E-state index contributed by atoms with van der Waals surface area (Å²) < 4.78 is 1.29. The molecule has 0 radical (unpaired) electrons. The van der Waals surface area contributed by atoms with Crippen molar-refractivity contribution >= 4 is 11.6 Å². The average Bonchev–Trinajstić information content (AvgIpc) is 3.14. The molecular weight excluding hydrogens is 352 g/mol. The van der Waals surface area contributed by atoms with E-state index in [0.29, 0.717) is 5.92 Å². The van der Waals surface area contributed by atoms with Gasteiger partial charge in [0.05, 0.1) is 11.9 Å². The van der Waals surface area contributed by atoms with Gasteiger partial charge in [-0.05, 0) is 43.6 Å². The van der Waals surface area contributed by atoms with Gasteiger partial charge in [-0.2, -0.15) is 5.10 Å². The number of likely N-dealkylation sites (tertiary alicyclic amines) is 1. The summed E-state index contributed by atoms with van der Waals surface area (Å²) in [4.78, 5) is 29.3. The number of hydrogen-bond acceptors (Lipinski definition) is 4. The van der Waals surface area contributed by atoms with E-state index in [1.54, 1.807) is 12.3 Å². The minimum atomic E-state index is -0.199. The number of carbonyl (C=O) groups excluding carboxylic acids is 1. The van der Waals surface area contributed by atoms with Crippen LogP contribution in [-0.4, -0.2) is 46.8 Å². The first-order valence-electron chi connectivity index (χ1n) is 10.4. The van der Waals surface area contributed by atoms with E-state index in [1.807, 2.05) is 11.0 Å². The molecule has 6 nitrogen and oxygen atoms in total. The lowest BCUT2D eigenvalue weighted by Gasteiger charge is -2.21. The van der Waals surface area contributed by atoms with E-state index in [-0.39, 0.29) is 18.0 Å². The van der Waals surface area contributed by atoms with Crippen molar-refractivity contribution in [3.8, 4) is 0 Å². The molecule has 1 unspecified atom stereocenters. The quantitative estimate of drug-likeness (QED) is 0.818. The van der Waals surface area contributed by atoms with Crippen molar-refractivity contribution in [2.75, 3.05) is 31.1 Å². The van der Waals surface area contributed by atoms with Crippen LogP contribution in [0.4, 0.5) is 5.69 Å². The molecule has 0 saturated carbocycles. The van der Waals surface area contributed by atoms with Crippen LogP contribution in [0.3, 0.4) is 0 Å². The summed E-state index contributed by atoms with van der Waals surface area (Å²) in [6, 6.07) is 12.1. The average molecular weight is 380 g/mol. The molecule has 2 fully saturated rings. The lowest BCUT2D eigenvalue weighted by atomic mass is 9.92. The smallest absolute Gasteiger partial charge is 0.269 e. The summed E-state index contributed by atoms with van der Waals surface area (Å²) in [6.45, 7) is 3.46. The fourth-order valence-corrected chi connectivity index (χ4v) is 4.32. The van der Waals surface area contributed by atoms with E-state index in [4.69, 9.17) is 0 Å². The van der Waals surface area contributed by atoms with E-state index < -0.39 is 0 Å². The van der Waals surface area contributed by atoms with Crippen molar-refractivity contribution in [3.63, 3.8) is 0 Å². The Hall–Kier alpha value is -2.63. The highest BCUT2D eigenvalue weighted by Gasteiger charge is 2.22. The van der Waals surface area contributed by atoms with Crippen molar-refractivity contribution in [1.29, 1.82) is 0 Å². The van der Waals surface area contributed by atoms with Crippen molar-refractivity contribution in [2.45, 2.75) is 44.6 Å². The van der Waals surface area contributed by atoms with Crippen LogP contribution in [0.25, 0.3) is 0 Å². The highest BCUT2D eigenvalue weighted by atomic mass is 16.2. The molecule has 0 N–H and O–H groups in total. The van der Waals surface area contributed by atoms with Crippen LogP contribution in [0.15, 0.2) is 47.4 Å². The van der Waals surface area contributed by atoms with E-state index in [2.05, 4.69) is 34.3 Å². The predicted octanol–water partition coefficient (Wildman–Crippen LogP) is 2.64. The lowest BCUT2D eigenvalue weighted by molar-refractivity contribution is -0.132. The van der Waals surface area contributed by atoms with Crippen LogP contribution >= 0.6 is 0 Å². The normalized spacial score (nSPS) is 20.2. The Kier molecular flexibility index (Phi) is 5.74. The van der Waals surface area contributed by atoms with Crippen molar-refractivity contribution in [1.82, 2.24) is 14.7 Å². The van der Waals surface area contributed by atoms with Crippen LogP contribution in [-0.2, 0) is 11.3 Å². The van der Waals surface area contributed by atoms with Gasteiger partial charge < -0.3 is 9.80 Å². The summed E-state index contributed by atoms with van der Waals surface area (Å²) in [6.07, 6.45) is 7.07. The lowest BCUT2D eigenvalue weighted by Crippen LogP contribution is -2.38. The maximum absolute atomic E-state index is 12.8. The maximum atomic E-state index is 12.8. The Morgan fingerprint density at radius 2 is 1.79 bits per heavy atom. The highest BCUT2D eigenvalue weighted by molar-refractivity contribution is 5.76. The summed E-state index contributed by atoms with van der Waals surface area (Å²) in [7, 11) is 0. The zero-order chi connectivity index (χ0) is 19.3. The van der Waals surface area contributed by atoms with Gasteiger partial charge in [-0.25, -0.2) is 4.68 Å². The van der Waals surface area contributed by atoms with Gasteiger partial charge in [-0.1, -0.05) is 30.3 Å². The van der Waals surface area contributed by atoms with Gasteiger partial charge in [0.1, 0.15) is 6.54 Å². The first-order chi connectivity index (χ1) is 13.7. The molecule has 3 heterocycles. The minimum Gasteiger partial charge on any atom is -0.370 e. The Morgan fingerprint density at radius 1 is 1.00 bits per heavy atom. The summed E-state index contributed by atoms with van der Waals surface area (Å²) in [5.74, 6) is 0.483. The Bertz CT molecular complexity index is 858. The first-order valence-corrected chi connectivity index (χ1v) is 10.4. The van der Waals surface area contributed by atoms with Gasteiger partial charge in [0, 0.05) is 32.2 Å². The summed E-state index contributed by atoms with van der Waals surface area (Å²) in [5, 5.41) is 4.26. The molecule has 28 heavy (non-hydrogen) atoms. The number of anilines is 1. The molecule has 2 aliphatic rings. The zero-order valence-electron chi connectivity index (χ0n) is 16.3. The van der Waals surface area contributed by atoms with Gasteiger partial charge in [0.15, 0.2) is 0 Å². The number of nitrogens with zero attached hydrogens (tertiary/aromatic N) is 4. The number of amides is 1. The molecular formula is C22H28N4O2. The molecule has 2 aromatic rings. The van der Waals surface area contributed by atoms with Crippen molar-refractivity contribution in [3.05, 3.63) is 58.5 Å². The molecule has 0 spiro atoms. The number of rotatable bonds is 4. The molecule has 6 heteroatoms. The molecule has 4 rings (SSSR count). The van der Waals surface area contributed by atoms with Crippen LogP contribution < -0.4 is 10.5 Å². The monoisotopic (exact) mass is 380 g/mol. The largest absolute Gasteiger partial charge is 0.370 e. The van der Waals surface area contributed by atoms with E-state index >= 15 is 0 Å². The van der Waals surface area contributed by atoms with Gasteiger partial charge in [-0.15, -0.1) is 0 Å². The molecule has 1 atom stereocenters. The molecule has 2 saturated heterocycles. The molecule has 148 valence electrons. The van der Waals surface area contributed by atoms with Gasteiger partial charge in [0.25, 0.3) is 5.56 Å². The third-order valence-electron chi connectivity index (χ3n) is 5.96. The zero-order valence-corrected chi connectivity index (χ0v) is 16.3. The second-order valence-corrected chi connectivity index (χ2v) is 7.82. The third kappa shape index (κ3) is 4.26.